The number of ether oxygens (including phenoxy) is 1. The molecule has 2 aromatic carbocycles. The van der Waals surface area contributed by atoms with Crippen molar-refractivity contribution >= 4 is 40.1 Å². The number of carbonyl (C=O) groups excluding carboxylic acids is 2. The summed E-state index contributed by atoms with van der Waals surface area (Å²) < 4.78 is 5.03. The molecular weight excluding hydrogens is 330 g/mol. The largest absolute Gasteiger partial charge is 0.451 e. The number of para-hydroxylation sites is 1. The number of halogens is 1. The minimum atomic E-state index is -0.662. The Morgan fingerprint density at radius 1 is 1.25 bits per heavy atom. The number of fused-ring (bicyclic) bond motifs is 1. The number of carbonyl (C=O) groups is 2. The van der Waals surface area contributed by atoms with Gasteiger partial charge in [0.05, 0.1) is 5.52 Å². The Kier molecular flexibility index (Phi) is 4.48. The molecule has 3 rings (SSSR count). The second kappa shape index (κ2) is 6.72. The second-order valence-electron chi connectivity index (χ2n) is 5.20. The first-order chi connectivity index (χ1) is 11.5. The molecule has 0 fully saturated rings. The number of hydrogen-bond acceptors (Lipinski definition) is 4. The van der Waals surface area contributed by atoms with E-state index >= 15 is 0 Å². The predicted molar refractivity (Wildman–Crippen MR) is 91.2 cm³/mol. The Labute approximate surface area is 142 Å². The highest BCUT2D eigenvalue weighted by Gasteiger charge is 2.17. The third kappa shape index (κ3) is 3.38. The SMILES string of the molecule is Cc1ccc(Cl)cc1NC(=O)COC(=O)c1n[nH]c2ccccc12. The number of aryl methyl sites for hydroxylation is 1. The maximum atomic E-state index is 12.1. The topological polar surface area (TPSA) is 84.1 Å². The summed E-state index contributed by atoms with van der Waals surface area (Å²) >= 11 is 5.90. The van der Waals surface area contributed by atoms with E-state index in [0.29, 0.717) is 16.1 Å². The van der Waals surface area contributed by atoms with Gasteiger partial charge in [-0.05, 0) is 30.7 Å². The van der Waals surface area contributed by atoms with E-state index in [1.165, 1.54) is 0 Å². The van der Waals surface area contributed by atoms with E-state index < -0.39 is 18.5 Å². The quantitative estimate of drug-likeness (QED) is 0.712. The number of esters is 1. The zero-order valence-corrected chi connectivity index (χ0v) is 13.6. The van der Waals surface area contributed by atoms with Crippen molar-refractivity contribution in [2.24, 2.45) is 0 Å². The number of aromatic amines is 1. The van der Waals surface area contributed by atoms with Crippen molar-refractivity contribution in [3.8, 4) is 0 Å². The summed E-state index contributed by atoms with van der Waals surface area (Å²) in [7, 11) is 0. The summed E-state index contributed by atoms with van der Waals surface area (Å²) in [5.41, 5.74) is 2.31. The molecule has 0 bridgehead atoms. The van der Waals surface area contributed by atoms with Crippen molar-refractivity contribution in [2.45, 2.75) is 6.92 Å². The molecule has 0 aliphatic rings. The number of H-pyrrole nitrogens is 1. The number of nitrogens with one attached hydrogen (secondary N) is 2. The van der Waals surface area contributed by atoms with Gasteiger partial charge in [-0.2, -0.15) is 5.10 Å². The Morgan fingerprint density at radius 2 is 2.04 bits per heavy atom. The van der Waals surface area contributed by atoms with Crippen LogP contribution in [0.25, 0.3) is 10.9 Å². The lowest BCUT2D eigenvalue weighted by molar-refractivity contribution is -0.119. The van der Waals surface area contributed by atoms with Gasteiger partial charge in [0, 0.05) is 16.1 Å². The molecule has 0 radical (unpaired) electrons. The summed E-state index contributed by atoms with van der Waals surface area (Å²) in [6.07, 6.45) is 0. The van der Waals surface area contributed by atoms with Crippen molar-refractivity contribution in [2.75, 3.05) is 11.9 Å². The van der Waals surface area contributed by atoms with E-state index in [4.69, 9.17) is 16.3 Å². The Morgan fingerprint density at radius 3 is 2.88 bits per heavy atom. The van der Waals surface area contributed by atoms with Gasteiger partial charge in [0.15, 0.2) is 12.3 Å². The van der Waals surface area contributed by atoms with Gasteiger partial charge < -0.3 is 10.1 Å². The normalized spacial score (nSPS) is 10.6. The predicted octanol–water partition coefficient (Wildman–Crippen LogP) is 3.32. The third-order valence-electron chi connectivity index (χ3n) is 3.47. The molecule has 3 aromatic rings. The molecule has 7 heteroatoms. The number of nitrogens with zero attached hydrogens (tertiary/aromatic N) is 1. The van der Waals surface area contributed by atoms with Crippen LogP contribution in [0.1, 0.15) is 16.1 Å². The number of anilines is 1. The number of amides is 1. The van der Waals surface area contributed by atoms with Crippen LogP contribution in [0.2, 0.25) is 5.02 Å². The van der Waals surface area contributed by atoms with Gasteiger partial charge in [0.1, 0.15) is 0 Å². The number of aromatic nitrogens is 2. The molecule has 0 unspecified atom stereocenters. The fourth-order valence-corrected chi connectivity index (χ4v) is 2.41. The van der Waals surface area contributed by atoms with Crippen molar-refractivity contribution in [3.63, 3.8) is 0 Å². The Hall–Kier alpha value is -2.86. The maximum Gasteiger partial charge on any atom is 0.359 e. The summed E-state index contributed by atoms with van der Waals surface area (Å²) in [6, 6.07) is 12.3. The zero-order chi connectivity index (χ0) is 17.1. The van der Waals surface area contributed by atoms with E-state index in [2.05, 4.69) is 15.5 Å². The molecular formula is C17H14ClN3O3. The minimum Gasteiger partial charge on any atom is -0.451 e. The van der Waals surface area contributed by atoms with Crippen molar-refractivity contribution in [1.29, 1.82) is 0 Å². The van der Waals surface area contributed by atoms with Crippen LogP contribution in [-0.4, -0.2) is 28.7 Å². The first-order valence-corrected chi connectivity index (χ1v) is 7.58. The van der Waals surface area contributed by atoms with Gasteiger partial charge in [0.25, 0.3) is 5.91 Å². The van der Waals surface area contributed by atoms with Crippen LogP contribution in [0, 0.1) is 6.92 Å². The Balaban J connectivity index is 1.64. The molecule has 122 valence electrons. The summed E-state index contributed by atoms with van der Waals surface area (Å²) in [6.45, 7) is 1.43. The number of rotatable bonds is 4. The van der Waals surface area contributed by atoms with Gasteiger partial charge in [-0.1, -0.05) is 35.9 Å². The second-order valence-corrected chi connectivity index (χ2v) is 5.64. The molecule has 0 aliphatic carbocycles. The summed E-state index contributed by atoms with van der Waals surface area (Å²) in [5.74, 6) is -1.11. The molecule has 6 nitrogen and oxygen atoms in total. The molecule has 24 heavy (non-hydrogen) atoms. The van der Waals surface area contributed by atoms with Gasteiger partial charge in [-0.15, -0.1) is 0 Å². The van der Waals surface area contributed by atoms with Gasteiger partial charge in [-0.3, -0.25) is 9.89 Å². The van der Waals surface area contributed by atoms with Crippen LogP contribution < -0.4 is 5.32 Å². The molecule has 0 saturated heterocycles. The van der Waals surface area contributed by atoms with Crippen LogP contribution in [-0.2, 0) is 9.53 Å². The molecule has 0 aliphatic heterocycles. The monoisotopic (exact) mass is 343 g/mol. The molecule has 2 N–H and O–H groups in total. The number of benzene rings is 2. The lowest BCUT2D eigenvalue weighted by atomic mass is 10.2. The zero-order valence-electron chi connectivity index (χ0n) is 12.8. The highest BCUT2D eigenvalue weighted by Crippen LogP contribution is 2.20. The van der Waals surface area contributed by atoms with E-state index in [1.54, 1.807) is 36.4 Å². The van der Waals surface area contributed by atoms with Crippen LogP contribution in [0.15, 0.2) is 42.5 Å². The van der Waals surface area contributed by atoms with Crippen LogP contribution in [0.3, 0.4) is 0 Å². The smallest absolute Gasteiger partial charge is 0.359 e. The molecule has 1 aromatic heterocycles. The standard InChI is InChI=1S/C17H14ClN3O3/c1-10-6-7-11(18)8-14(10)19-15(22)9-24-17(23)16-12-4-2-3-5-13(12)20-21-16/h2-8H,9H2,1H3,(H,19,22)(H,20,21). The van der Waals surface area contributed by atoms with E-state index in [0.717, 1.165) is 11.1 Å². The van der Waals surface area contributed by atoms with E-state index in [9.17, 15) is 9.59 Å². The average Bonchev–Trinajstić information content (AvgIpc) is 3.00. The first-order valence-electron chi connectivity index (χ1n) is 7.21. The van der Waals surface area contributed by atoms with E-state index in [1.807, 2.05) is 13.0 Å². The van der Waals surface area contributed by atoms with Crippen molar-refractivity contribution in [3.05, 3.63) is 58.7 Å². The molecule has 1 heterocycles. The third-order valence-corrected chi connectivity index (χ3v) is 3.71. The van der Waals surface area contributed by atoms with Gasteiger partial charge >= 0.3 is 5.97 Å². The van der Waals surface area contributed by atoms with Crippen LogP contribution in [0.4, 0.5) is 5.69 Å². The fourth-order valence-electron chi connectivity index (χ4n) is 2.23. The van der Waals surface area contributed by atoms with Crippen LogP contribution >= 0.6 is 11.6 Å². The van der Waals surface area contributed by atoms with E-state index in [-0.39, 0.29) is 5.69 Å². The maximum absolute atomic E-state index is 12.1. The lowest BCUT2D eigenvalue weighted by Crippen LogP contribution is -2.21. The fraction of sp³-hybridized carbons (Fsp3) is 0.118. The highest BCUT2D eigenvalue weighted by molar-refractivity contribution is 6.31. The first kappa shape index (κ1) is 16.0. The van der Waals surface area contributed by atoms with Crippen molar-refractivity contribution in [1.82, 2.24) is 10.2 Å². The summed E-state index contributed by atoms with van der Waals surface area (Å²) in [5, 5.41) is 10.5. The molecule has 1 amide bonds. The highest BCUT2D eigenvalue weighted by atomic mass is 35.5. The number of hydrogen-bond donors (Lipinski definition) is 2. The summed E-state index contributed by atoms with van der Waals surface area (Å²) in [4.78, 5) is 24.0. The minimum absolute atomic E-state index is 0.150. The van der Waals surface area contributed by atoms with Crippen molar-refractivity contribution < 1.29 is 14.3 Å². The van der Waals surface area contributed by atoms with Crippen LogP contribution in [0.5, 0.6) is 0 Å². The molecule has 0 spiro atoms. The Bertz CT molecular complexity index is 920. The lowest BCUT2D eigenvalue weighted by Gasteiger charge is -2.09. The van der Waals surface area contributed by atoms with Gasteiger partial charge in [0.2, 0.25) is 0 Å². The molecule has 0 atom stereocenters. The van der Waals surface area contributed by atoms with Gasteiger partial charge in [-0.25, -0.2) is 4.79 Å². The molecule has 0 saturated carbocycles. The average molecular weight is 344 g/mol.